The number of aromatic nitrogens is 7. The second-order valence-corrected chi connectivity index (χ2v) is 12.3. The molecule has 0 atom stereocenters. The Morgan fingerprint density at radius 1 is 0.464 bits per heavy atom. The van der Waals surface area contributed by atoms with Gasteiger partial charge in [-0.1, -0.05) is 59.6 Å². The van der Waals surface area contributed by atoms with E-state index in [1.54, 1.807) is 31.1 Å². The van der Waals surface area contributed by atoms with E-state index in [0.29, 0.717) is 40.0 Å². The number of fused-ring (bicyclic) bond motifs is 4. The maximum Gasteiger partial charge on any atom is 2.00 e. The van der Waals surface area contributed by atoms with Crippen LogP contribution in [-0.4, -0.2) is 34.1 Å². The minimum absolute atomic E-state index is 0. The van der Waals surface area contributed by atoms with Crippen molar-refractivity contribution in [1.82, 2.24) is 34.1 Å². The van der Waals surface area contributed by atoms with Gasteiger partial charge in [0.2, 0.25) is 5.95 Å². The zero-order valence-corrected chi connectivity index (χ0v) is 33.6. The van der Waals surface area contributed by atoms with Gasteiger partial charge in [0.1, 0.15) is 6.33 Å². The van der Waals surface area contributed by atoms with Crippen molar-refractivity contribution in [2.45, 2.75) is 0 Å². The summed E-state index contributed by atoms with van der Waals surface area (Å²) in [7, 11) is 0. The minimum Gasteiger partial charge on any atom is -0.503 e. The van der Waals surface area contributed by atoms with Crippen molar-refractivity contribution in [2.24, 2.45) is 0 Å². The number of ether oxygens (including phenoxy) is 2. The Morgan fingerprint density at radius 2 is 1.00 bits per heavy atom. The van der Waals surface area contributed by atoms with Gasteiger partial charge in [0, 0.05) is 35.4 Å². The first-order valence-electron chi connectivity index (χ1n) is 17.1. The number of pyridine rings is 2. The number of hydrogen-bond donors (Lipinski definition) is 0. The fourth-order valence-electron chi connectivity index (χ4n) is 6.46. The summed E-state index contributed by atoms with van der Waals surface area (Å²) in [6.07, 6.45) is 8.86. The molecule has 0 saturated heterocycles. The number of imidazole rings is 1. The molecule has 5 heterocycles. The average molecular weight is 1090 g/mol. The van der Waals surface area contributed by atoms with Crippen LogP contribution in [0.25, 0.3) is 67.0 Å². The molecular formula is C45H25N7O2Pt2. The van der Waals surface area contributed by atoms with Crippen molar-refractivity contribution >= 4 is 32.8 Å². The van der Waals surface area contributed by atoms with Crippen LogP contribution in [0.4, 0.5) is 0 Å². The molecule has 272 valence electrons. The molecule has 0 aliphatic carbocycles. The predicted octanol–water partition coefficient (Wildman–Crippen LogP) is 9.82. The maximum absolute atomic E-state index is 6.35. The summed E-state index contributed by atoms with van der Waals surface area (Å²) in [5.74, 6) is 2.50. The number of benzene rings is 5. The van der Waals surface area contributed by atoms with Crippen molar-refractivity contribution in [1.29, 1.82) is 0 Å². The molecule has 11 heteroatoms. The average Bonchev–Trinajstić information content (AvgIpc) is 3.81. The van der Waals surface area contributed by atoms with Crippen molar-refractivity contribution in [3.63, 3.8) is 0 Å². The standard InChI is InChI=1S/C45H25N7O2.2Pt/c1-2-16-42-41(15-1)50-29-51(42)32-27-48-45(49-28-32)52-43-25-35(53-33-11-7-9-30(23-33)39-13-3-5-21-46-39)17-19-37(43)38-20-18-36(26-44(38)52)54-34-12-8-10-31(24-34)40-14-4-6-22-47-40;;/h1-22,27-29H;;/q-4;2*+2. The van der Waals surface area contributed by atoms with Crippen LogP contribution in [0.2, 0.25) is 0 Å². The van der Waals surface area contributed by atoms with Gasteiger partial charge in [0.05, 0.1) is 29.1 Å². The normalized spacial score (nSPS) is 10.9. The van der Waals surface area contributed by atoms with Crippen LogP contribution >= 0.6 is 0 Å². The molecule has 9 nitrogen and oxygen atoms in total. The molecule has 10 rings (SSSR count). The summed E-state index contributed by atoms with van der Waals surface area (Å²) in [6.45, 7) is 0. The van der Waals surface area contributed by atoms with Gasteiger partial charge in [0.25, 0.3) is 0 Å². The van der Waals surface area contributed by atoms with Crippen LogP contribution in [0.15, 0.2) is 152 Å². The monoisotopic (exact) mass is 1090 g/mol. The Balaban J connectivity index is 0.00000220. The largest absolute Gasteiger partial charge is 2.00 e. The molecular weight excluding hydrogens is 1060 g/mol. The van der Waals surface area contributed by atoms with Gasteiger partial charge in [-0.2, -0.15) is 22.9 Å². The summed E-state index contributed by atoms with van der Waals surface area (Å²) >= 11 is 0. The molecule has 10 aromatic rings. The van der Waals surface area contributed by atoms with Crippen LogP contribution < -0.4 is 9.47 Å². The van der Waals surface area contributed by atoms with Crippen molar-refractivity contribution in [3.05, 3.63) is 177 Å². The van der Waals surface area contributed by atoms with Gasteiger partial charge in [-0.25, -0.2) is 15.0 Å². The number of hydrogen-bond acceptors (Lipinski definition) is 7. The van der Waals surface area contributed by atoms with E-state index >= 15 is 0 Å². The molecule has 0 aliphatic heterocycles. The van der Waals surface area contributed by atoms with Crippen LogP contribution in [-0.2, 0) is 42.1 Å². The molecule has 0 radical (unpaired) electrons. The fraction of sp³-hybridized carbons (Fsp3) is 0. The van der Waals surface area contributed by atoms with Crippen LogP contribution in [0, 0.1) is 24.3 Å². The summed E-state index contributed by atoms with van der Waals surface area (Å²) < 4.78 is 16.6. The smallest absolute Gasteiger partial charge is 0.503 e. The fourth-order valence-corrected chi connectivity index (χ4v) is 6.46. The zero-order valence-electron chi connectivity index (χ0n) is 29.0. The van der Waals surface area contributed by atoms with E-state index in [0.717, 1.165) is 50.0 Å². The first-order chi connectivity index (χ1) is 26.7. The van der Waals surface area contributed by atoms with Gasteiger partial charge in [-0.3, -0.25) is 4.57 Å². The zero-order chi connectivity index (χ0) is 35.8. The minimum atomic E-state index is 0. The summed E-state index contributed by atoms with van der Waals surface area (Å²) in [6, 6.07) is 52.4. The topological polar surface area (TPSA) is 92.8 Å². The molecule has 0 bridgehead atoms. The summed E-state index contributed by atoms with van der Waals surface area (Å²) in [5, 5.41) is 1.84. The van der Waals surface area contributed by atoms with E-state index in [1.807, 2.05) is 130 Å². The molecule has 5 aromatic heterocycles. The Kier molecular flexibility index (Phi) is 10.4. The second kappa shape index (κ2) is 15.8. The molecule has 0 N–H and O–H groups in total. The van der Waals surface area contributed by atoms with E-state index in [4.69, 9.17) is 19.4 Å². The molecule has 0 aliphatic rings. The summed E-state index contributed by atoms with van der Waals surface area (Å²) in [5.41, 5.74) is 7.31. The van der Waals surface area contributed by atoms with Crippen molar-refractivity contribution in [3.8, 4) is 57.1 Å². The molecule has 0 unspecified atom stereocenters. The van der Waals surface area contributed by atoms with E-state index < -0.39 is 0 Å². The predicted molar refractivity (Wildman–Crippen MR) is 206 cm³/mol. The van der Waals surface area contributed by atoms with Gasteiger partial charge < -0.3 is 24.0 Å². The van der Waals surface area contributed by atoms with E-state index in [9.17, 15) is 0 Å². The van der Waals surface area contributed by atoms with E-state index in [-0.39, 0.29) is 42.1 Å². The molecule has 0 spiro atoms. The molecule has 0 fully saturated rings. The van der Waals surface area contributed by atoms with E-state index in [1.165, 1.54) is 0 Å². The molecule has 5 aromatic carbocycles. The Morgan fingerprint density at radius 3 is 1.55 bits per heavy atom. The number of nitrogens with zero attached hydrogens (tertiary/aromatic N) is 7. The molecule has 0 saturated carbocycles. The third kappa shape index (κ3) is 7.03. The third-order valence-electron chi connectivity index (χ3n) is 8.95. The second-order valence-electron chi connectivity index (χ2n) is 12.3. The van der Waals surface area contributed by atoms with Gasteiger partial charge >= 0.3 is 42.1 Å². The Bertz CT molecular complexity index is 2810. The van der Waals surface area contributed by atoms with Gasteiger partial charge in [0.15, 0.2) is 0 Å². The summed E-state index contributed by atoms with van der Waals surface area (Å²) in [4.78, 5) is 23.2. The van der Waals surface area contributed by atoms with Crippen LogP contribution in [0.1, 0.15) is 0 Å². The quantitative estimate of drug-likeness (QED) is 0.140. The van der Waals surface area contributed by atoms with Crippen LogP contribution in [0.5, 0.6) is 23.0 Å². The third-order valence-corrected chi connectivity index (χ3v) is 8.95. The van der Waals surface area contributed by atoms with Crippen LogP contribution in [0.3, 0.4) is 0 Å². The number of para-hydroxylation sites is 2. The Labute approximate surface area is 350 Å². The van der Waals surface area contributed by atoms with Crippen molar-refractivity contribution < 1.29 is 51.6 Å². The Hall–Kier alpha value is -6.27. The van der Waals surface area contributed by atoms with Gasteiger partial charge in [-0.05, 0) is 35.7 Å². The number of rotatable bonds is 8. The van der Waals surface area contributed by atoms with E-state index in [2.05, 4.69) is 39.2 Å². The first kappa shape index (κ1) is 36.7. The first-order valence-corrected chi connectivity index (χ1v) is 17.1. The molecule has 56 heavy (non-hydrogen) atoms. The SMILES string of the molecule is [Pt+2].[Pt+2].[c-]1c(Oc2[c-]c3c(cc2)c2ccc(Oc4[c-]c(-c5ccccn5)ccc4)[c-]c2n3-c2ncc(-n3cnc4ccccc43)cn2)cccc1-c1ccccn1. The maximum atomic E-state index is 6.35. The van der Waals surface area contributed by atoms with Crippen molar-refractivity contribution in [2.75, 3.05) is 0 Å². The van der Waals surface area contributed by atoms with Gasteiger partial charge in [-0.15, -0.1) is 71.8 Å². The molecule has 0 amide bonds.